The van der Waals surface area contributed by atoms with Gasteiger partial charge in [-0.2, -0.15) is 0 Å². The van der Waals surface area contributed by atoms with Gasteiger partial charge in [0.2, 0.25) is 5.91 Å². The first kappa shape index (κ1) is 17.2. The third kappa shape index (κ3) is 3.80. The number of benzene rings is 1. The summed E-state index contributed by atoms with van der Waals surface area (Å²) in [5.74, 6) is 0.130. The number of carbonyl (C=O) groups is 1. The van der Waals surface area contributed by atoms with Crippen LogP contribution in [0.3, 0.4) is 0 Å². The maximum absolute atomic E-state index is 13.3. The van der Waals surface area contributed by atoms with Gasteiger partial charge >= 0.3 is 0 Å². The predicted octanol–water partition coefficient (Wildman–Crippen LogP) is 3.42. The molecule has 2 fully saturated rings. The molecule has 1 saturated carbocycles. The van der Waals surface area contributed by atoms with Crippen LogP contribution in [0.15, 0.2) is 48.8 Å². The molecule has 1 aliphatic heterocycles. The quantitative estimate of drug-likeness (QED) is 0.869. The van der Waals surface area contributed by atoms with Crippen LogP contribution in [0.25, 0.3) is 0 Å². The summed E-state index contributed by atoms with van der Waals surface area (Å²) in [5, 5.41) is 3.40. The van der Waals surface area contributed by atoms with Crippen molar-refractivity contribution in [1.29, 1.82) is 0 Å². The number of aryl methyl sites for hydroxylation is 1. The number of nitrogens with one attached hydrogen (secondary N) is 1. The van der Waals surface area contributed by atoms with Crippen LogP contribution in [0.2, 0.25) is 0 Å². The molecular formula is C22H27N3O. The topological polar surface area (TPSA) is 45.2 Å². The molecule has 2 aliphatic rings. The second-order valence-electron chi connectivity index (χ2n) is 7.87. The lowest BCUT2D eigenvalue weighted by Gasteiger charge is -2.29. The van der Waals surface area contributed by atoms with E-state index in [9.17, 15) is 4.79 Å². The number of nitrogens with zero attached hydrogens (tertiary/aromatic N) is 2. The highest BCUT2D eigenvalue weighted by atomic mass is 16.2. The summed E-state index contributed by atoms with van der Waals surface area (Å²) in [5.41, 5.74) is 3.51. The van der Waals surface area contributed by atoms with E-state index in [1.165, 1.54) is 24.0 Å². The molecule has 1 saturated heterocycles. The smallest absolute Gasteiger partial charge is 0.242 e. The first-order valence-corrected chi connectivity index (χ1v) is 9.67. The van der Waals surface area contributed by atoms with E-state index in [0.717, 1.165) is 37.9 Å². The van der Waals surface area contributed by atoms with Crippen LogP contribution in [-0.4, -0.2) is 34.4 Å². The lowest BCUT2D eigenvalue weighted by molar-refractivity contribution is -0.127. The van der Waals surface area contributed by atoms with Crippen molar-refractivity contribution in [2.24, 2.45) is 0 Å². The Labute approximate surface area is 155 Å². The predicted molar refractivity (Wildman–Crippen MR) is 103 cm³/mol. The highest BCUT2D eigenvalue weighted by Crippen LogP contribution is 2.40. The van der Waals surface area contributed by atoms with Crippen LogP contribution in [0.1, 0.15) is 48.4 Å². The van der Waals surface area contributed by atoms with Gasteiger partial charge in [0.25, 0.3) is 0 Å². The molecule has 0 unspecified atom stereocenters. The van der Waals surface area contributed by atoms with Crippen molar-refractivity contribution in [3.05, 3.63) is 65.5 Å². The minimum Gasteiger partial charge on any atom is -0.349 e. The normalized spacial score (nSPS) is 19.9. The summed E-state index contributed by atoms with van der Waals surface area (Å²) in [4.78, 5) is 19.8. The molecule has 1 amide bonds. The lowest BCUT2D eigenvalue weighted by Crippen LogP contribution is -2.46. The van der Waals surface area contributed by atoms with E-state index in [1.807, 2.05) is 18.3 Å². The minimum atomic E-state index is -0.221. The minimum absolute atomic E-state index is 0.0644. The maximum atomic E-state index is 13.3. The number of hydrogen-bond acceptors (Lipinski definition) is 3. The third-order valence-corrected chi connectivity index (χ3v) is 5.62. The fourth-order valence-corrected chi connectivity index (χ4v) is 4.10. The SMILES string of the molecule is Cc1cccc(CC2(NC(=O)[C@H](c3cccnc3)N3CCCC3)CC2)c1. The molecule has 4 nitrogen and oxygen atoms in total. The summed E-state index contributed by atoms with van der Waals surface area (Å²) in [6, 6.07) is 12.3. The summed E-state index contributed by atoms with van der Waals surface area (Å²) >= 11 is 0. The fourth-order valence-electron chi connectivity index (χ4n) is 4.10. The van der Waals surface area contributed by atoms with Crippen LogP contribution in [0.4, 0.5) is 0 Å². The summed E-state index contributed by atoms with van der Waals surface area (Å²) in [6.07, 6.45) is 8.97. The molecule has 1 N–H and O–H groups in total. The molecule has 1 atom stereocenters. The molecule has 0 bridgehead atoms. The molecule has 2 aromatic rings. The van der Waals surface area contributed by atoms with Crippen molar-refractivity contribution in [2.75, 3.05) is 13.1 Å². The Kier molecular flexibility index (Phi) is 4.77. The first-order valence-electron chi connectivity index (χ1n) is 9.67. The zero-order valence-corrected chi connectivity index (χ0v) is 15.4. The molecule has 2 heterocycles. The van der Waals surface area contributed by atoms with Crippen molar-refractivity contribution in [2.45, 2.75) is 50.6 Å². The molecule has 26 heavy (non-hydrogen) atoms. The zero-order chi connectivity index (χ0) is 18.0. The van der Waals surface area contributed by atoms with E-state index in [0.29, 0.717) is 0 Å². The highest BCUT2D eigenvalue weighted by molar-refractivity contribution is 5.84. The molecule has 1 aliphatic carbocycles. The van der Waals surface area contributed by atoms with E-state index in [4.69, 9.17) is 0 Å². The van der Waals surface area contributed by atoms with Crippen molar-refractivity contribution in [3.8, 4) is 0 Å². The van der Waals surface area contributed by atoms with Crippen LogP contribution >= 0.6 is 0 Å². The number of likely N-dealkylation sites (tertiary alicyclic amines) is 1. The Bertz CT molecular complexity index is 764. The van der Waals surface area contributed by atoms with E-state index in [2.05, 4.69) is 46.4 Å². The Balaban J connectivity index is 1.51. The van der Waals surface area contributed by atoms with E-state index < -0.39 is 0 Å². The monoisotopic (exact) mass is 349 g/mol. The van der Waals surface area contributed by atoms with Crippen molar-refractivity contribution in [1.82, 2.24) is 15.2 Å². The molecule has 1 aromatic heterocycles. The summed E-state index contributed by atoms with van der Waals surface area (Å²) in [7, 11) is 0. The van der Waals surface area contributed by atoms with Gasteiger partial charge in [0.05, 0.1) is 0 Å². The van der Waals surface area contributed by atoms with Gasteiger partial charge < -0.3 is 5.32 Å². The van der Waals surface area contributed by atoms with Gasteiger partial charge in [-0.3, -0.25) is 14.7 Å². The Morgan fingerprint density at radius 2 is 2.04 bits per heavy atom. The van der Waals surface area contributed by atoms with Crippen LogP contribution in [-0.2, 0) is 11.2 Å². The summed E-state index contributed by atoms with van der Waals surface area (Å²) < 4.78 is 0. The van der Waals surface area contributed by atoms with E-state index >= 15 is 0 Å². The molecule has 0 spiro atoms. The summed E-state index contributed by atoms with van der Waals surface area (Å²) in [6.45, 7) is 4.09. The number of pyridine rings is 1. The number of hydrogen-bond donors (Lipinski definition) is 1. The number of amides is 1. The van der Waals surface area contributed by atoms with Gasteiger partial charge in [-0.25, -0.2) is 0 Å². The second-order valence-corrected chi connectivity index (χ2v) is 7.87. The average molecular weight is 349 g/mol. The number of rotatable bonds is 6. The molecule has 1 aromatic carbocycles. The van der Waals surface area contributed by atoms with E-state index in [-0.39, 0.29) is 17.5 Å². The molecule has 0 radical (unpaired) electrons. The second kappa shape index (κ2) is 7.20. The standard InChI is InChI=1S/C22H27N3O/c1-17-6-4-7-18(14-17)15-22(9-10-22)24-21(26)20(25-12-2-3-13-25)19-8-5-11-23-16-19/h4-8,11,14,16,20H,2-3,9-10,12-13,15H2,1H3,(H,24,26)/t20-/m0/s1. The fraction of sp³-hybridized carbons (Fsp3) is 0.455. The average Bonchev–Trinajstić information content (AvgIpc) is 3.16. The number of aromatic nitrogens is 1. The molecule has 136 valence electrons. The van der Waals surface area contributed by atoms with Crippen molar-refractivity contribution >= 4 is 5.91 Å². The van der Waals surface area contributed by atoms with Gasteiger partial charge in [0.1, 0.15) is 6.04 Å². The first-order chi connectivity index (χ1) is 12.7. The van der Waals surface area contributed by atoms with Gasteiger partial charge in [-0.05, 0) is 69.3 Å². The van der Waals surface area contributed by atoms with E-state index in [1.54, 1.807) is 6.20 Å². The molecule has 4 rings (SSSR count). The van der Waals surface area contributed by atoms with Gasteiger partial charge in [-0.1, -0.05) is 35.9 Å². The zero-order valence-electron chi connectivity index (χ0n) is 15.4. The maximum Gasteiger partial charge on any atom is 0.242 e. The number of carbonyl (C=O) groups excluding carboxylic acids is 1. The van der Waals surface area contributed by atoms with Gasteiger partial charge in [0.15, 0.2) is 0 Å². The van der Waals surface area contributed by atoms with Crippen molar-refractivity contribution < 1.29 is 4.79 Å². The molecule has 4 heteroatoms. The third-order valence-electron chi connectivity index (χ3n) is 5.62. The van der Waals surface area contributed by atoms with Crippen molar-refractivity contribution in [3.63, 3.8) is 0 Å². The molecular weight excluding hydrogens is 322 g/mol. The van der Waals surface area contributed by atoms with Crippen LogP contribution in [0, 0.1) is 6.92 Å². The largest absolute Gasteiger partial charge is 0.349 e. The Hall–Kier alpha value is -2.20. The highest BCUT2D eigenvalue weighted by Gasteiger charge is 2.45. The Morgan fingerprint density at radius 1 is 1.23 bits per heavy atom. The van der Waals surface area contributed by atoms with Gasteiger partial charge in [-0.15, -0.1) is 0 Å². The van der Waals surface area contributed by atoms with Gasteiger partial charge in [0, 0.05) is 17.9 Å². The van der Waals surface area contributed by atoms with Crippen LogP contribution in [0.5, 0.6) is 0 Å². The van der Waals surface area contributed by atoms with Crippen LogP contribution < -0.4 is 5.32 Å². The Morgan fingerprint density at radius 3 is 2.69 bits per heavy atom. The lowest BCUT2D eigenvalue weighted by atomic mass is 10.0.